The van der Waals surface area contributed by atoms with Gasteiger partial charge in [-0.2, -0.15) is 0 Å². The molecule has 0 spiro atoms. The fourth-order valence-electron chi connectivity index (χ4n) is 4.08. The summed E-state index contributed by atoms with van der Waals surface area (Å²) in [6.07, 6.45) is 0. The molecule has 4 aromatic rings. The fraction of sp³-hybridized carbons (Fsp3) is 0.259. The number of benzene rings is 3. The van der Waals surface area contributed by atoms with Crippen LogP contribution in [0, 0.1) is 0 Å². The van der Waals surface area contributed by atoms with E-state index in [1.54, 1.807) is 0 Å². The molecule has 1 fully saturated rings. The molecule has 2 heterocycles. The number of hydrogen-bond donors (Lipinski definition) is 0. The largest absolute Gasteiger partial charge is 0.492 e. The minimum Gasteiger partial charge on any atom is -0.492 e. The molecule has 33 heavy (non-hydrogen) atoms. The second kappa shape index (κ2) is 10.4. The van der Waals surface area contributed by atoms with Crippen LogP contribution in [0.15, 0.2) is 84.9 Å². The molecular formula is C27H28N4O2. The molecule has 1 saturated heterocycles. The first-order valence-electron chi connectivity index (χ1n) is 11.4. The zero-order valence-electron chi connectivity index (χ0n) is 18.6. The molecule has 1 aliphatic rings. The molecule has 0 saturated carbocycles. The Morgan fingerprint density at radius 1 is 0.788 bits per heavy atom. The third kappa shape index (κ3) is 5.30. The Morgan fingerprint density at radius 3 is 2.21 bits per heavy atom. The summed E-state index contributed by atoms with van der Waals surface area (Å²) < 4.78 is 13.4. The lowest BCUT2D eigenvalue weighted by atomic mass is 10.0. The van der Waals surface area contributed by atoms with Gasteiger partial charge in [0.05, 0.1) is 25.5 Å². The van der Waals surface area contributed by atoms with Crippen molar-refractivity contribution in [2.75, 3.05) is 39.5 Å². The van der Waals surface area contributed by atoms with Gasteiger partial charge in [-0.3, -0.25) is 4.90 Å². The molecular weight excluding hydrogens is 412 g/mol. The number of nitrogens with zero attached hydrogens (tertiary/aromatic N) is 4. The molecule has 0 amide bonds. The number of hydrogen-bond acceptors (Lipinski definition) is 5. The van der Waals surface area contributed by atoms with Crippen molar-refractivity contribution in [3.8, 4) is 28.3 Å². The number of rotatable bonds is 8. The zero-order chi connectivity index (χ0) is 22.3. The SMILES string of the molecule is c1ccc(Cn2nnc(-c3ccccc3)c2-c2ccc(OCCN3CCOCC3)cc2)cc1. The Balaban J connectivity index is 1.37. The van der Waals surface area contributed by atoms with E-state index in [4.69, 9.17) is 9.47 Å². The molecule has 0 N–H and O–H groups in total. The van der Waals surface area contributed by atoms with Crippen molar-refractivity contribution in [3.63, 3.8) is 0 Å². The first-order valence-corrected chi connectivity index (χ1v) is 11.4. The Labute approximate surface area is 194 Å². The third-order valence-electron chi connectivity index (χ3n) is 5.87. The van der Waals surface area contributed by atoms with E-state index in [1.165, 1.54) is 5.56 Å². The molecule has 5 rings (SSSR count). The van der Waals surface area contributed by atoms with Crippen molar-refractivity contribution in [2.45, 2.75) is 6.54 Å². The lowest BCUT2D eigenvalue weighted by Crippen LogP contribution is -2.38. The van der Waals surface area contributed by atoms with Crippen molar-refractivity contribution < 1.29 is 9.47 Å². The van der Waals surface area contributed by atoms with Gasteiger partial charge < -0.3 is 9.47 Å². The highest BCUT2D eigenvalue weighted by atomic mass is 16.5. The van der Waals surface area contributed by atoms with Gasteiger partial charge in [0, 0.05) is 30.8 Å². The van der Waals surface area contributed by atoms with Gasteiger partial charge in [0.25, 0.3) is 0 Å². The minimum absolute atomic E-state index is 0.661. The van der Waals surface area contributed by atoms with Crippen LogP contribution < -0.4 is 4.74 Å². The van der Waals surface area contributed by atoms with Crippen LogP contribution in [0.2, 0.25) is 0 Å². The molecule has 1 aromatic heterocycles. The Kier molecular flexibility index (Phi) is 6.75. The average molecular weight is 441 g/mol. The molecule has 0 radical (unpaired) electrons. The van der Waals surface area contributed by atoms with Crippen LogP contribution in [0.3, 0.4) is 0 Å². The van der Waals surface area contributed by atoms with Crippen molar-refractivity contribution in [3.05, 3.63) is 90.5 Å². The average Bonchev–Trinajstić information content (AvgIpc) is 3.30. The Morgan fingerprint density at radius 2 is 1.48 bits per heavy atom. The van der Waals surface area contributed by atoms with Gasteiger partial charge in [0.15, 0.2) is 0 Å². The van der Waals surface area contributed by atoms with E-state index in [-0.39, 0.29) is 0 Å². The molecule has 6 nitrogen and oxygen atoms in total. The van der Waals surface area contributed by atoms with Gasteiger partial charge in [-0.25, -0.2) is 4.68 Å². The smallest absolute Gasteiger partial charge is 0.121 e. The van der Waals surface area contributed by atoms with Gasteiger partial charge >= 0.3 is 0 Å². The molecule has 0 unspecified atom stereocenters. The Bertz CT molecular complexity index is 1140. The maximum absolute atomic E-state index is 6.00. The summed E-state index contributed by atoms with van der Waals surface area (Å²) in [5.41, 5.74) is 5.19. The minimum atomic E-state index is 0.661. The van der Waals surface area contributed by atoms with Gasteiger partial charge in [-0.05, 0) is 29.8 Å². The maximum atomic E-state index is 6.00. The molecule has 3 aromatic carbocycles. The lowest BCUT2D eigenvalue weighted by molar-refractivity contribution is 0.0322. The van der Waals surface area contributed by atoms with E-state index >= 15 is 0 Å². The Hall–Kier alpha value is -3.48. The number of ether oxygens (including phenoxy) is 2. The third-order valence-corrected chi connectivity index (χ3v) is 5.87. The maximum Gasteiger partial charge on any atom is 0.121 e. The van der Waals surface area contributed by atoms with Crippen molar-refractivity contribution >= 4 is 0 Å². The van der Waals surface area contributed by atoms with Crippen molar-refractivity contribution in [1.82, 2.24) is 19.9 Å². The van der Waals surface area contributed by atoms with Crippen LogP contribution in [0.4, 0.5) is 0 Å². The monoisotopic (exact) mass is 440 g/mol. The topological polar surface area (TPSA) is 52.4 Å². The fourth-order valence-corrected chi connectivity index (χ4v) is 4.08. The van der Waals surface area contributed by atoms with Crippen LogP contribution >= 0.6 is 0 Å². The van der Waals surface area contributed by atoms with Crippen LogP contribution in [0.1, 0.15) is 5.56 Å². The first kappa shape index (κ1) is 21.4. The van der Waals surface area contributed by atoms with Crippen molar-refractivity contribution in [1.29, 1.82) is 0 Å². The van der Waals surface area contributed by atoms with E-state index in [2.05, 4.69) is 51.6 Å². The highest BCUT2D eigenvalue weighted by Crippen LogP contribution is 2.31. The van der Waals surface area contributed by atoms with E-state index in [0.717, 1.165) is 61.1 Å². The van der Waals surface area contributed by atoms with Gasteiger partial charge in [-0.15, -0.1) is 5.10 Å². The number of morpholine rings is 1. The van der Waals surface area contributed by atoms with E-state index in [0.29, 0.717) is 13.2 Å². The molecule has 0 aliphatic carbocycles. The van der Waals surface area contributed by atoms with E-state index in [1.807, 2.05) is 53.2 Å². The van der Waals surface area contributed by atoms with E-state index in [9.17, 15) is 0 Å². The van der Waals surface area contributed by atoms with Crippen LogP contribution in [0.25, 0.3) is 22.5 Å². The molecule has 0 atom stereocenters. The molecule has 1 aliphatic heterocycles. The summed E-state index contributed by atoms with van der Waals surface area (Å²) in [6.45, 7) is 5.81. The summed E-state index contributed by atoms with van der Waals surface area (Å²) in [5, 5.41) is 9.06. The lowest BCUT2D eigenvalue weighted by Gasteiger charge is -2.26. The highest BCUT2D eigenvalue weighted by molar-refractivity contribution is 5.78. The molecule has 0 bridgehead atoms. The van der Waals surface area contributed by atoms with Crippen LogP contribution in [0.5, 0.6) is 5.75 Å². The normalized spacial score (nSPS) is 14.3. The van der Waals surface area contributed by atoms with Gasteiger partial charge in [0.2, 0.25) is 0 Å². The summed E-state index contributed by atoms with van der Waals surface area (Å²) in [5.74, 6) is 0.871. The molecule has 6 heteroatoms. The predicted octanol–water partition coefficient (Wildman–Crippen LogP) is 4.37. The predicted molar refractivity (Wildman–Crippen MR) is 129 cm³/mol. The second-order valence-corrected chi connectivity index (χ2v) is 8.12. The summed E-state index contributed by atoms with van der Waals surface area (Å²) in [6, 6.07) is 28.8. The zero-order valence-corrected chi connectivity index (χ0v) is 18.6. The summed E-state index contributed by atoms with van der Waals surface area (Å²) in [4.78, 5) is 2.37. The van der Waals surface area contributed by atoms with Crippen molar-refractivity contribution in [2.24, 2.45) is 0 Å². The number of aromatic nitrogens is 3. The molecule has 168 valence electrons. The summed E-state index contributed by atoms with van der Waals surface area (Å²) in [7, 11) is 0. The highest BCUT2D eigenvalue weighted by Gasteiger charge is 2.17. The van der Waals surface area contributed by atoms with Crippen LogP contribution in [-0.4, -0.2) is 59.3 Å². The van der Waals surface area contributed by atoms with Gasteiger partial charge in [-0.1, -0.05) is 65.9 Å². The van der Waals surface area contributed by atoms with E-state index < -0.39 is 0 Å². The van der Waals surface area contributed by atoms with Crippen LogP contribution in [-0.2, 0) is 11.3 Å². The second-order valence-electron chi connectivity index (χ2n) is 8.12. The van der Waals surface area contributed by atoms with Gasteiger partial charge in [0.1, 0.15) is 18.1 Å². The standard InChI is InChI=1S/C27H28N4O2/c1-3-7-22(8-4-1)21-31-27(26(28-29-31)23-9-5-2-6-10-23)24-11-13-25(14-12-24)33-20-17-30-15-18-32-19-16-30/h1-14H,15-21H2. The quantitative estimate of drug-likeness (QED) is 0.407. The first-order chi connectivity index (χ1) is 16.4. The summed E-state index contributed by atoms with van der Waals surface area (Å²) >= 11 is 0.